The number of carbonyl (C=O) groups is 1. The van der Waals surface area contributed by atoms with Crippen molar-refractivity contribution in [3.63, 3.8) is 0 Å². The van der Waals surface area contributed by atoms with E-state index in [-0.39, 0.29) is 5.15 Å². The van der Waals surface area contributed by atoms with Crippen molar-refractivity contribution >= 4 is 23.3 Å². The van der Waals surface area contributed by atoms with E-state index in [9.17, 15) is 4.79 Å². The lowest BCUT2D eigenvalue weighted by Gasteiger charge is -2.28. The largest absolute Gasteiger partial charge is 0.378 e. The van der Waals surface area contributed by atoms with Crippen LogP contribution < -0.4 is 10.6 Å². The van der Waals surface area contributed by atoms with Crippen LogP contribution in [-0.4, -0.2) is 42.4 Å². The molecule has 0 aliphatic carbocycles. The SMILES string of the molecule is NC(=O)c1cc(Cl)nnc1N1CCOCC1. The van der Waals surface area contributed by atoms with E-state index in [2.05, 4.69) is 10.2 Å². The highest BCUT2D eigenvalue weighted by molar-refractivity contribution is 6.29. The first kappa shape index (κ1) is 11.1. The van der Waals surface area contributed by atoms with Gasteiger partial charge in [-0.05, 0) is 6.07 Å². The Hall–Kier alpha value is -1.40. The summed E-state index contributed by atoms with van der Waals surface area (Å²) in [4.78, 5) is 13.2. The Morgan fingerprint density at radius 1 is 1.44 bits per heavy atom. The lowest BCUT2D eigenvalue weighted by atomic mass is 10.2. The van der Waals surface area contributed by atoms with E-state index in [0.717, 1.165) is 0 Å². The highest BCUT2D eigenvalue weighted by Crippen LogP contribution is 2.19. The fourth-order valence-electron chi connectivity index (χ4n) is 1.55. The molecule has 0 radical (unpaired) electrons. The fraction of sp³-hybridized carbons (Fsp3) is 0.444. The van der Waals surface area contributed by atoms with Gasteiger partial charge in [-0.1, -0.05) is 11.6 Å². The second-order valence-electron chi connectivity index (χ2n) is 3.37. The molecule has 1 aliphatic rings. The number of nitrogens with zero attached hydrogens (tertiary/aromatic N) is 3. The van der Waals surface area contributed by atoms with Gasteiger partial charge in [0.2, 0.25) is 0 Å². The van der Waals surface area contributed by atoms with Crippen molar-refractivity contribution in [2.75, 3.05) is 31.2 Å². The van der Waals surface area contributed by atoms with Gasteiger partial charge in [0.25, 0.3) is 5.91 Å². The molecule has 2 rings (SSSR count). The lowest BCUT2D eigenvalue weighted by molar-refractivity contribution is 0.0997. The maximum Gasteiger partial charge on any atom is 0.252 e. The minimum Gasteiger partial charge on any atom is -0.378 e. The van der Waals surface area contributed by atoms with Gasteiger partial charge in [0.05, 0.1) is 18.8 Å². The molecule has 2 N–H and O–H groups in total. The van der Waals surface area contributed by atoms with Gasteiger partial charge in [0, 0.05) is 13.1 Å². The zero-order valence-corrected chi connectivity index (χ0v) is 9.28. The molecule has 7 heteroatoms. The molecule has 16 heavy (non-hydrogen) atoms. The number of aromatic nitrogens is 2. The van der Waals surface area contributed by atoms with E-state index in [1.165, 1.54) is 6.07 Å². The smallest absolute Gasteiger partial charge is 0.252 e. The number of carbonyl (C=O) groups excluding carboxylic acids is 1. The maximum absolute atomic E-state index is 11.3. The van der Waals surface area contributed by atoms with Gasteiger partial charge < -0.3 is 15.4 Å². The third-order valence-electron chi connectivity index (χ3n) is 2.32. The molecule has 1 aromatic rings. The van der Waals surface area contributed by atoms with Crippen LogP contribution in [-0.2, 0) is 4.74 Å². The van der Waals surface area contributed by atoms with E-state index < -0.39 is 5.91 Å². The number of halogens is 1. The maximum atomic E-state index is 11.3. The zero-order valence-electron chi connectivity index (χ0n) is 8.52. The Morgan fingerprint density at radius 2 is 2.12 bits per heavy atom. The van der Waals surface area contributed by atoms with Gasteiger partial charge in [-0.15, -0.1) is 10.2 Å². The minimum atomic E-state index is -0.557. The topological polar surface area (TPSA) is 81.3 Å². The summed E-state index contributed by atoms with van der Waals surface area (Å²) in [6.07, 6.45) is 0. The summed E-state index contributed by atoms with van der Waals surface area (Å²) in [5.74, 6) is -0.0847. The minimum absolute atomic E-state index is 0.158. The van der Waals surface area contributed by atoms with Crippen LogP contribution in [0.2, 0.25) is 5.15 Å². The number of hydrogen-bond acceptors (Lipinski definition) is 5. The summed E-state index contributed by atoms with van der Waals surface area (Å²) in [5, 5.41) is 7.79. The molecular formula is C9H11ClN4O2. The summed E-state index contributed by atoms with van der Waals surface area (Å²) >= 11 is 5.68. The van der Waals surface area contributed by atoms with Crippen LogP contribution in [0.3, 0.4) is 0 Å². The first-order chi connectivity index (χ1) is 7.68. The molecule has 1 saturated heterocycles. The molecule has 1 fully saturated rings. The molecule has 1 amide bonds. The standard InChI is InChI=1S/C9H11ClN4O2/c10-7-5-6(8(11)15)9(13-12-7)14-1-3-16-4-2-14/h5H,1-4H2,(H2,11,15). The van der Waals surface area contributed by atoms with E-state index in [0.29, 0.717) is 37.7 Å². The average molecular weight is 243 g/mol. The summed E-state index contributed by atoms with van der Waals surface area (Å²) in [6, 6.07) is 1.43. The predicted molar refractivity (Wildman–Crippen MR) is 58.6 cm³/mol. The van der Waals surface area contributed by atoms with Crippen LogP contribution in [0.1, 0.15) is 10.4 Å². The predicted octanol–water partition coefficient (Wildman–Crippen LogP) is 0.0655. The van der Waals surface area contributed by atoms with Crippen LogP contribution in [0.25, 0.3) is 0 Å². The Bertz CT molecular complexity index is 406. The molecule has 86 valence electrons. The van der Waals surface area contributed by atoms with Crippen LogP contribution >= 0.6 is 11.6 Å². The number of morpholine rings is 1. The molecule has 2 heterocycles. The van der Waals surface area contributed by atoms with Crippen molar-refractivity contribution in [3.8, 4) is 0 Å². The number of amides is 1. The number of ether oxygens (including phenoxy) is 1. The number of anilines is 1. The molecule has 0 bridgehead atoms. The third kappa shape index (κ3) is 2.23. The molecule has 0 spiro atoms. The average Bonchev–Trinajstić information content (AvgIpc) is 2.30. The number of primary amides is 1. The summed E-state index contributed by atoms with van der Waals surface area (Å²) in [5.41, 5.74) is 5.56. The van der Waals surface area contributed by atoms with Crippen LogP contribution in [0.5, 0.6) is 0 Å². The normalized spacial score (nSPS) is 16.2. The zero-order chi connectivity index (χ0) is 11.5. The molecule has 0 unspecified atom stereocenters. The van der Waals surface area contributed by atoms with E-state index >= 15 is 0 Å². The number of hydrogen-bond donors (Lipinski definition) is 1. The molecule has 0 saturated carbocycles. The van der Waals surface area contributed by atoms with Crippen molar-refractivity contribution < 1.29 is 9.53 Å². The second kappa shape index (κ2) is 4.63. The van der Waals surface area contributed by atoms with E-state index in [4.69, 9.17) is 22.1 Å². The van der Waals surface area contributed by atoms with Crippen LogP contribution in [0.4, 0.5) is 5.82 Å². The highest BCUT2D eigenvalue weighted by atomic mass is 35.5. The first-order valence-corrected chi connectivity index (χ1v) is 5.22. The molecule has 1 aromatic heterocycles. The Balaban J connectivity index is 2.34. The summed E-state index contributed by atoms with van der Waals surface area (Å²) in [7, 11) is 0. The van der Waals surface area contributed by atoms with Gasteiger partial charge in [-0.2, -0.15) is 0 Å². The first-order valence-electron chi connectivity index (χ1n) is 4.84. The Morgan fingerprint density at radius 3 is 2.75 bits per heavy atom. The van der Waals surface area contributed by atoms with Crippen molar-refractivity contribution in [3.05, 3.63) is 16.8 Å². The second-order valence-corrected chi connectivity index (χ2v) is 3.76. The van der Waals surface area contributed by atoms with Crippen molar-refractivity contribution in [1.29, 1.82) is 0 Å². The van der Waals surface area contributed by atoms with Crippen molar-refractivity contribution in [1.82, 2.24) is 10.2 Å². The molecule has 1 aliphatic heterocycles. The monoisotopic (exact) mass is 242 g/mol. The summed E-state index contributed by atoms with van der Waals surface area (Å²) < 4.78 is 5.21. The quantitative estimate of drug-likeness (QED) is 0.794. The van der Waals surface area contributed by atoms with Gasteiger partial charge in [-0.25, -0.2) is 0 Å². The van der Waals surface area contributed by atoms with Crippen molar-refractivity contribution in [2.45, 2.75) is 0 Å². The molecule has 0 atom stereocenters. The highest BCUT2D eigenvalue weighted by Gasteiger charge is 2.19. The summed E-state index contributed by atoms with van der Waals surface area (Å²) in [6.45, 7) is 2.53. The number of rotatable bonds is 2. The van der Waals surface area contributed by atoms with Gasteiger partial charge in [0.1, 0.15) is 0 Å². The number of nitrogens with two attached hydrogens (primary N) is 1. The van der Waals surface area contributed by atoms with Crippen LogP contribution in [0, 0.1) is 0 Å². The lowest BCUT2D eigenvalue weighted by Crippen LogP contribution is -2.38. The molecule has 0 aromatic carbocycles. The van der Waals surface area contributed by atoms with Gasteiger partial charge >= 0.3 is 0 Å². The third-order valence-corrected chi connectivity index (χ3v) is 2.51. The van der Waals surface area contributed by atoms with Crippen molar-refractivity contribution in [2.24, 2.45) is 5.73 Å². The fourth-order valence-corrected chi connectivity index (χ4v) is 1.70. The Labute approximate surface area is 97.3 Å². The molecular weight excluding hydrogens is 232 g/mol. The Kier molecular flexibility index (Phi) is 3.21. The van der Waals surface area contributed by atoms with E-state index in [1.807, 2.05) is 4.90 Å². The van der Waals surface area contributed by atoms with Crippen LogP contribution in [0.15, 0.2) is 6.07 Å². The molecule has 6 nitrogen and oxygen atoms in total. The van der Waals surface area contributed by atoms with Gasteiger partial charge in [-0.3, -0.25) is 4.79 Å². The van der Waals surface area contributed by atoms with Gasteiger partial charge in [0.15, 0.2) is 11.0 Å². The van der Waals surface area contributed by atoms with E-state index in [1.54, 1.807) is 0 Å².